The van der Waals surface area contributed by atoms with Crippen LogP contribution < -0.4 is 0 Å². The Bertz CT molecular complexity index is 944. The molecule has 130 valence electrons. The lowest BCUT2D eigenvalue weighted by molar-refractivity contribution is 0.0730. The van der Waals surface area contributed by atoms with Crippen molar-refractivity contribution in [3.63, 3.8) is 0 Å². The molecular weight excluding hydrogens is 362 g/mol. The van der Waals surface area contributed by atoms with Crippen LogP contribution in [-0.2, 0) is 14.8 Å². The molecule has 4 rings (SSSR count). The molecule has 1 aliphatic rings. The fourth-order valence-electron chi connectivity index (χ4n) is 2.55. The highest BCUT2D eigenvalue weighted by atomic mass is 32.2. The van der Waals surface area contributed by atoms with E-state index < -0.39 is 10.0 Å². The van der Waals surface area contributed by atoms with Gasteiger partial charge in [0.1, 0.15) is 0 Å². The third-order valence-corrected chi connectivity index (χ3v) is 6.65. The fraction of sp³-hybridized carbons (Fsp3) is 0.250. The highest BCUT2D eigenvalue weighted by Gasteiger charge is 2.26. The number of thiophene rings is 1. The molecule has 25 heavy (non-hydrogen) atoms. The third-order valence-electron chi connectivity index (χ3n) is 3.88. The summed E-state index contributed by atoms with van der Waals surface area (Å²) in [5.41, 5.74) is 0.701. The topological polar surface area (TPSA) is 85.5 Å². The summed E-state index contributed by atoms with van der Waals surface area (Å²) in [5.74, 6) is 0.883. The van der Waals surface area contributed by atoms with E-state index >= 15 is 0 Å². The predicted octanol–water partition coefficient (Wildman–Crippen LogP) is 2.49. The molecule has 0 atom stereocenters. The molecule has 1 saturated heterocycles. The molecule has 3 aromatic rings. The summed E-state index contributed by atoms with van der Waals surface area (Å²) >= 11 is 1.51. The summed E-state index contributed by atoms with van der Waals surface area (Å²) in [6.07, 6.45) is 0. The predicted molar refractivity (Wildman–Crippen MR) is 92.6 cm³/mol. The van der Waals surface area contributed by atoms with Crippen LogP contribution in [0, 0.1) is 0 Å². The van der Waals surface area contributed by atoms with Crippen molar-refractivity contribution < 1.29 is 17.7 Å². The van der Waals surface area contributed by atoms with Crippen LogP contribution in [0.3, 0.4) is 0 Å². The average Bonchev–Trinajstić information content (AvgIpc) is 3.34. The summed E-state index contributed by atoms with van der Waals surface area (Å²) in [5, 5.41) is 5.90. The number of nitrogens with zero attached hydrogens (tertiary/aromatic N) is 3. The van der Waals surface area contributed by atoms with Crippen LogP contribution >= 0.6 is 11.3 Å². The van der Waals surface area contributed by atoms with E-state index in [-0.39, 0.29) is 4.90 Å². The molecule has 0 bridgehead atoms. The van der Waals surface area contributed by atoms with Crippen LogP contribution in [0.5, 0.6) is 0 Å². The second kappa shape index (κ2) is 6.68. The van der Waals surface area contributed by atoms with Gasteiger partial charge in [-0.25, -0.2) is 8.42 Å². The normalized spacial score (nSPS) is 16.2. The highest BCUT2D eigenvalue weighted by Crippen LogP contribution is 2.26. The van der Waals surface area contributed by atoms with Crippen molar-refractivity contribution in [2.75, 3.05) is 26.3 Å². The first kappa shape index (κ1) is 16.4. The number of aromatic nitrogens is 2. The fourth-order valence-corrected chi connectivity index (χ4v) is 4.61. The maximum absolute atomic E-state index is 12.6. The monoisotopic (exact) mass is 377 g/mol. The maximum Gasteiger partial charge on any atom is 0.268 e. The quantitative estimate of drug-likeness (QED) is 0.694. The molecule has 0 spiro atoms. The second-order valence-electron chi connectivity index (χ2n) is 5.44. The molecule has 2 aromatic heterocycles. The molecule has 0 saturated carbocycles. The van der Waals surface area contributed by atoms with E-state index in [0.29, 0.717) is 43.6 Å². The Morgan fingerprint density at radius 1 is 1.08 bits per heavy atom. The van der Waals surface area contributed by atoms with Gasteiger partial charge in [0.05, 0.1) is 23.0 Å². The number of ether oxygens (including phenoxy) is 1. The first-order valence-corrected chi connectivity index (χ1v) is 10.0. The summed E-state index contributed by atoms with van der Waals surface area (Å²) in [4.78, 5) is 5.50. The van der Waals surface area contributed by atoms with Crippen LogP contribution in [0.15, 0.2) is 51.2 Å². The van der Waals surface area contributed by atoms with Gasteiger partial charge in [-0.3, -0.25) is 0 Å². The summed E-state index contributed by atoms with van der Waals surface area (Å²) in [7, 11) is -3.50. The Labute approximate surface area is 148 Å². The lowest BCUT2D eigenvalue weighted by Gasteiger charge is -2.26. The van der Waals surface area contributed by atoms with Crippen LogP contribution in [0.1, 0.15) is 0 Å². The van der Waals surface area contributed by atoms with Crippen molar-refractivity contribution in [1.82, 2.24) is 14.4 Å². The van der Waals surface area contributed by atoms with Gasteiger partial charge in [0.25, 0.3) is 5.89 Å². The SMILES string of the molecule is O=S(=O)(c1ccc(-c2noc(-c3cccs3)n2)cc1)N1CCOCC1. The average molecular weight is 377 g/mol. The van der Waals surface area contributed by atoms with Gasteiger partial charge >= 0.3 is 0 Å². The smallest absolute Gasteiger partial charge is 0.268 e. The van der Waals surface area contributed by atoms with E-state index in [9.17, 15) is 8.42 Å². The van der Waals surface area contributed by atoms with Gasteiger partial charge in [0.15, 0.2) is 0 Å². The lowest BCUT2D eigenvalue weighted by Crippen LogP contribution is -2.40. The second-order valence-corrected chi connectivity index (χ2v) is 8.33. The molecular formula is C16H15N3O4S2. The minimum absolute atomic E-state index is 0.250. The first-order chi connectivity index (χ1) is 12.1. The van der Waals surface area contributed by atoms with Crippen molar-refractivity contribution in [1.29, 1.82) is 0 Å². The van der Waals surface area contributed by atoms with Crippen molar-refractivity contribution in [3.8, 4) is 22.2 Å². The third kappa shape index (κ3) is 3.23. The zero-order valence-corrected chi connectivity index (χ0v) is 14.8. The Kier molecular flexibility index (Phi) is 4.38. The van der Waals surface area contributed by atoms with Gasteiger partial charge in [-0.05, 0) is 35.7 Å². The first-order valence-electron chi connectivity index (χ1n) is 7.70. The highest BCUT2D eigenvalue weighted by molar-refractivity contribution is 7.89. The summed E-state index contributed by atoms with van der Waals surface area (Å²) < 4.78 is 37.1. The number of hydrogen-bond donors (Lipinski definition) is 0. The molecule has 7 nitrogen and oxygen atoms in total. The van der Waals surface area contributed by atoms with Crippen LogP contribution in [0.25, 0.3) is 22.2 Å². The number of hydrogen-bond acceptors (Lipinski definition) is 7. The molecule has 9 heteroatoms. The molecule has 1 aliphatic heterocycles. The van der Waals surface area contributed by atoms with Crippen molar-refractivity contribution in [3.05, 3.63) is 41.8 Å². The molecule has 0 N–H and O–H groups in total. The minimum atomic E-state index is -3.50. The standard InChI is InChI=1S/C16H15N3O4S2/c20-25(21,19-7-9-22-10-8-19)13-5-3-12(4-6-13)15-17-16(23-18-15)14-2-1-11-24-14/h1-6,11H,7-10H2. The lowest BCUT2D eigenvalue weighted by atomic mass is 10.2. The molecule has 0 amide bonds. The Morgan fingerprint density at radius 2 is 1.84 bits per heavy atom. The van der Waals surface area contributed by atoms with E-state index in [1.807, 2.05) is 17.5 Å². The van der Waals surface area contributed by atoms with Crippen molar-refractivity contribution >= 4 is 21.4 Å². The molecule has 1 aromatic carbocycles. The number of rotatable bonds is 4. The van der Waals surface area contributed by atoms with Gasteiger partial charge in [-0.15, -0.1) is 11.3 Å². The maximum atomic E-state index is 12.6. The molecule has 0 unspecified atom stereocenters. The largest absolute Gasteiger partial charge is 0.379 e. The minimum Gasteiger partial charge on any atom is -0.379 e. The van der Waals surface area contributed by atoms with Gasteiger partial charge in [-0.2, -0.15) is 9.29 Å². The van der Waals surface area contributed by atoms with E-state index in [1.54, 1.807) is 24.3 Å². The molecule has 1 fully saturated rings. The Hall–Kier alpha value is -2.07. The van der Waals surface area contributed by atoms with Gasteiger partial charge in [-0.1, -0.05) is 11.2 Å². The number of sulfonamides is 1. The van der Waals surface area contributed by atoms with E-state index in [4.69, 9.17) is 9.26 Å². The van der Waals surface area contributed by atoms with Gasteiger partial charge in [0, 0.05) is 18.7 Å². The van der Waals surface area contributed by atoms with Crippen molar-refractivity contribution in [2.45, 2.75) is 4.90 Å². The Balaban J connectivity index is 1.58. The Morgan fingerprint density at radius 3 is 2.52 bits per heavy atom. The number of benzene rings is 1. The van der Waals surface area contributed by atoms with E-state index in [2.05, 4.69) is 10.1 Å². The molecule has 0 radical (unpaired) electrons. The van der Waals surface area contributed by atoms with E-state index in [0.717, 1.165) is 4.88 Å². The van der Waals surface area contributed by atoms with Crippen molar-refractivity contribution in [2.24, 2.45) is 0 Å². The van der Waals surface area contributed by atoms with E-state index in [1.165, 1.54) is 15.6 Å². The molecule has 0 aliphatic carbocycles. The zero-order valence-electron chi connectivity index (χ0n) is 13.2. The zero-order chi connectivity index (χ0) is 17.3. The van der Waals surface area contributed by atoms with Crippen LogP contribution in [-0.4, -0.2) is 49.2 Å². The molecule has 3 heterocycles. The van der Waals surface area contributed by atoms with Crippen LogP contribution in [0.4, 0.5) is 0 Å². The summed E-state index contributed by atoms with van der Waals surface area (Å²) in [6.45, 7) is 1.59. The summed E-state index contributed by atoms with van der Waals surface area (Å²) in [6, 6.07) is 10.3. The van der Waals surface area contributed by atoms with Gasteiger partial charge < -0.3 is 9.26 Å². The van der Waals surface area contributed by atoms with Crippen LogP contribution in [0.2, 0.25) is 0 Å². The number of morpholine rings is 1. The van der Waals surface area contributed by atoms with Gasteiger partial charge in [0.2, 0.25) is 15.8 Å².